The van der Waals surface area contributed by atoms with Gasteiger partial charge in [-0.1, -0.05) is 20.8 Å². The summed E-state index contributed by atoms with van der Waals surface area (Å²) in [5.41, 5.74) is -1.48. The average Bonchev–Trinajstić information content (AvgIpc) is 3.04. The molecule has 1 amide bonds. The summed E-state index contributed by atoms with van der Waals surface area (Å²) in [6.45, 7) is 5.60. The predicted octanol–water partition coefficient (Wildman–Crippen LogP) is 2.78. The number of ether oxygens (including phenoxy) is 1. The van der Waals surface area contributed by atoms with Crippen molar-refractivity contribution in [3.05, 3.63) is 41.9 Å². The van der Waals surface area contributed by atoms with Crippen LogP contribution in [0.4, 0.5) is 13.6 Å². The molecule has 2 aromatic heterocycles. The summed E-state index contributed by atoms with van der Waals surface area (Å²) in [6.07, 6.45) is 0.898. The lowest BCUT2D eigenvalue weighted by Gasteiger charge is -2.27. The van der Waals surface area contributed by atoms with Gasteiger partial charge >= 0.3 is 16.3 Å². The number of hydrogen-bond donors (Lipinski definition) is 1. The maximum Gasteiger partial charge on any atom is 0.407 e. The van der Waals surface area contributed by atoms with Crippen LogP contribution >= 0.6 is 0 Å². The molecule has 9 nitrogen and oxygen atoms in total. The Hall–Kier alpha value is -2.57. The number of morpholine rings is 1. The van der Waals surface area contributed by atoms with Crippen LogP contribution in [0.3, 0.4) is 0 Å². The molecular weight excluding hydrogens is 446 g/mol. The van der Waals surface area contributed by atoms with Gasteiger partial charge in [-0.2, -0.15) is 17.1 Å². The van der Waals surface area contributed by atoms with Crippen LogP contribution in [0.15, 0.2) is 24.5 Å². The molecule has 3 heterocycles. The lowest BCUT2D eigenvalue weighted by atomic mass is 9.96. The van der Waals surface area contributed by atoms with Gasteiger partial charge in [0, 0.05) is 37.6 Å². The number of aromatic nitrogens is 2. The molecule has 2 aromatic rings. The first kappa shape index (κ1) is 24.1. The number of carboxylic acid groups (broad SMARTS) is 1. The summed E-state index contributed by atoms with van der Waals surface area (Å²) in [6, 6.07) is 2.58. The maximum absolute atomic E-state index is 15.6. The predicted molar refractivity (Wildman–Crippen MR) is 112 cm³/mol. The molecule has 32 heavy (non-hydrogen) atoms. The Morgan fingerprint density at radius 2 is 1.94 bits per heavy atom. The van der Waals surface area contributed by atoms with Crippen LogP contribution < -0.4 is 0 Å². The fourth-order valence-corrected chi connectivity index (χ4v) is 5.00. The van der Waals surface area contributed by atoms with E-state index in [4.69, 9.17) is 4.74 Å². The molecule has 176 valence electrons. The van der Waals surface area contributed by atoms with Crippen LogP contribution in [0.1, 0.15) is 26.3 Å². The Morgan fingerprint density at radius 1 is 1.28 bits per heavy atom. The third kappa shape index (κ3) is 5.08. The summed E-state index contributed by atoms with van der Waals surface area (Å²) < 4.78 is 63.6. The minimum atomic E-state index is -4.28. The molecule has 0 unspecified atom stereocenters. The average molecular weight is 473 g/mol. The normalized spacial score (nSPS) is 15.7. The van der Waals surface area contributed by atoms with Gasteiger partial charge in [0.1, 0.15) is 5.69 Å². The van der Waals surface area contributed by atoms with E-state index in [-0.39, 0.29) is 44.0 Å². The SMILES string of the molecule is CC(C)(C)CN(Cc1cn(S(=O)(=O)N2CCOCC2)c(-c2cccnc2F)c1F)C(=O)O. The summed E-state index contributed by atoms with van der Waals surface area (Å²) in [7, 11) is -4.28. The van der Waals surface area contributed by atoms with E-state index in [1.165, 1.54) is 12.1 Å². The molecule has 1 aliphatic heterocycles. The van der Waals surface area contributed by atoms with Gasteiger partial charge in [-0.3, -0.25) is 0 Å². The minimum Gasteiger partial charge on any atom is -0.465 e. The number of carbonyl (C=O) groups is 1. The van der Waals surface area contributed by atoms with Crippen LogP contribution in [0.2, 0.25) is 0 Å². The quantitative estimate of drug-likeness (QED) is 0.649. The highest BCUT2D eigenvalue weighted by molar-refractivity contribution is 7.87. The van der Waals surface area contributed by atoms with Crippen molar-refractivity contribution in [3.63, 3.8) is 0 Å². The van der Waals surface area contributed by atoms with Crippen molar-refractivity contribution in [1.29, 1.82) is 0 Å². The zero-order valence-corrected chi connectivity index (χ0v) is 18.9. The third-order valence-corrected chi connectivity index (χ3v) is 6.64. The van der Waals surface area contributed by atoms with Crippen LogP contribution in [0.25, 0.3) is 11.3 Å². The van der Waals surface area contributed by atoms with Crippen LogP contribution in [-0.2, 0) is 21.5 Å². The highest BCUT2D eigenvalue weighted by Crippen LogP contribution is 2.32. The van der Waals surface area contributed by atoms with Gasteiger partial charge in [-0.25, -0.2) is 18.1 Å². The smallest absolute Gasteiger partial charge is 0.407 e. The fourth-order valence-electron chi connectivity index (χ4n) is 3.47. The van der Waals surface area contributed by atoms with Gasteiger partial charge in [0.15, 0.2) is 5.82 Å². The second kappa shape index (κ2) is 9.12. The van der Waals surface area contributed by atoms with Crippen molar-refractivity contribution in [2.45, 2.75) is 27.3 Å². The van der Waals surface area contributed by atoms with Gasteiger partial charge in [0.05, 0.1) is 25.3 Å². The van der Waals surface area contributed by atoms with Crippen molar-refractivity contribution in [2.24, 2.45) is 5.41 Å². The van der Waals surface area contributed by atoms with E-state index >= 15 is 4.39 Å². The van der Waals surface area contributed by atoms with Crippen LogP contribution in [0.5, 0.6) is 0 Å². The second-order valence-electron chi connectivity index (χ2n) is 8.67. The molecule has 0 bridgehead atoms. The Labute approximate surface area is 185 Å². The number of nitrogens with zero attached hydrogens (tertiary/aromatic N) is 4. The summed E-state index contributed by atoms with van der Waals surface area (Å²) >= 11 is 0. The number of halogens is 2. The van der Waals surface area contributed by atoms with Crippen molar-refractivity contribution < 1.29 is 31.8 Å². The third-order valence-electron chi connectivity index (χ3n) is 4.84. The molecule has 0 aliphatic carbocycles. The zero-order valence-electron chi connectivity index (χ0n) is 18.1. The Morgan fingerprint density at radius 3 is 2.50 bits per heavy atom. The molecule has 0 saturated carbocycles. The standard InChI is InChI=1S/C20H26F2N4O5S/c1-20(2,3)13-24(19(27)28)11-14-12-26(32(29,30)25-7-9-31-10-8-25)17(16(14)21)15-5-4-6-23-18(15)22/h4-6,12H,7-11,13H2,1-3H3,(H,27,28). The van der Waals surface area contributed by atoms with Crippen LogP contribution in [-0.4, -0.2) is 70.6 Å². The minimum absolute atomic E-state index is 0.0533. The molecule has 1 aliphatic rings. The lowest BCUT2D eigenvalue weighted by molar-refractivity contribution is 0.0726. The lowest BCUT2D eigenvalue weighted by Crippen LogP contribution is -2.43. The Balaban J connectivity index is 2.14. The summed E-state index contributed by atoms with van der Waals surface area (Å²) in [4.78, 5) is 16.2. The first-order valence-corrected chi connectivity index (χ1v) is 11.4. The van der Waals surface area contributed by atoms with E-state index in [1.54, 1.807) is 0 Å². The first-order chi connectivity index (χ1) is 14.9. The molecule has 1 fully saturated rings. The monoisotopic (exact) mass is 472 g/mol. The number of rotatable bonds is 6. The molecule has 12 heteroatoms. The van der Waals surface area contributed by atoms with E-state index in [0.717, 1.165) is 21.6 Å². The highest BCUT2D eigenvalue weighted by Gasteiger charge is 2.33. The van der Waals surface area contributed by atoms with Gasteiger partial charge in [0.25, 0.3) is 0 Å². The van der Waals surface area contributed by atoms with E-state index in [1.807, 2.05) is 20.8 Å². The second-order valence-corrected chi connectivity index (χ2v) is 10.5. The van der Waals surface area contributed by atoms with Crippen molar-refractivity contribution in [1.82, 2.24) is 18.2 Å². The van der Waals surface area contributed by atoms with E-state index in [9.17, 15) is 22.7 Å². The van der Waals surface area contributed by atoms with Gasteiger partial charge in [-0.15, -0.1) is 0 Å². The fraction of sp³-hybridized carbons (Fsp3) is 0.500. The zero-order chi connectivity index (χ0) is 23.7. The van der Waals surface area contributed by atoms with Crippen LogP contribution in [0, 0.1) is 17.2 Å². The van der Waals surface area contributed by atoms with Gasteiger partial charge in [-0.05, 0) is 17.5 Å². The molecule has 0 radical (unpaired) electrons. The van der Waals surface area contributed by atoms with E-state index < -0.39 is 45.7 Å². The molecule has 3 rings (SSSR count). The Kier molecular flexibility index (Phi) is 6.86. The van der Waals surface area contributed by atoms with Crippen molar-refractivity contribution >= 4 is 16.3 Å². The first-order valence-electron chi connectivity index (χ1n) is 9.98. The molecular formula is C20H26F2N4O5S. The van der Waals surface area contributed by atoms with E-state index in [2.05, 4.69) is 4.98 Å². The summed E-state index contributed by atoms with van der Waals surface area (Å²) in [5, 5.41) is 9.58. The van der Waals surface area contributed by atoms with Crippen molar-refractivity contribution in [2.75, 3.05) is 32.8 Å². The molecule has 0 atom stereocenters. The van der Waals surface area contributed by atoms with Gasteiger partial charge in [0.2, 0.25) is 5.95 Å². The number of hydrogen-bond acceptors (Lipinski definition) is 5. The van der Waals surface area contributed by atoms with E-state index in [0.29, 0.717) is 3.97 Å². The number of amides is 1. The summed E-state index contributed by atoms with van der Waals surface area (Å²) in [5.74, 6) is -2.06. The topological polar surface area (TPSA) is 105 Å². The molecule has 1 N–H and O–H groups in total. The maximum atomic E-state index is 15.6. The molecule has 1 saturated heterocycles. The van der Waals surface area contributed by atoms with Crippen molar-refractivity contribution in [3.8, 4) is 11.3 Å². The van der Waals surface area contributed by atoms with Gasteiger partial charge < -0.3 is 14.7 Å². The highest BCUT2D eigenvalue weighted by atomic mass is 32.2. The largest absolute Gasteiger partial charge is 0.465 e. The Bertz CT molecular complexity index is 1090. The number of pyridine rings is 1. The molecule has 0 spiro atoms. The molecule has 0 aromatic carbocycles.